The van der Waals surface area contributed by atoms with Gasteiger partial charge in [0.2, 0.25) is 0 Å². The second kappa shape index (κ2) is 5.72. The van der Waals surface area contributed by atoms with Crippen LogP contribution < -0.4 is 5.73 Å². The van der Waals surface area contributed by atoms with E-state index < -0.39 is 18.1 Å². The smallest absolute Gasteiger partial charge is 0.393 e. The molecule has 0 amide bonds. The van der Waals surface area contributed by atoms with E-state index in [2.05, 4.69) is 4.98 Å². The zero-order chi connectivity index (χ0) is 16.8. The predicted octanol–water partition coefficient (Wildman–Crippen LogP) is 3.22. The molecule has 1 aromatic rings. The topological polar surface area (TPSA) is 42.1 Å². The Bertz CT molecular complexity index is 646. The van der Waals surface area contributed by atoms with Crippen LogP contribution in [-0.4, -0.2) is 39.7 Å². The summed E-state index contributed by atoms with van der Waals surface area (Å²) in [6.07, 6.45) is 3.33. The number of alkyl halides is 3. The number of hydrogen-bond donors (Lipinski definition) is 1. The first kappa shape index (κ1) is 16.7. The Morgan fingerprint density at radius 3 is 2.43 bits per heavy atom. The molecular weight excluding hydrogens is 347 g/mol. The minimum absolute atomic E-state index is 0.270. The number of hydrogen-bond acceptors (Lipinski definition) is 3. The fourth-order valence-corrected chi connectivity index (χ4v) is 4.04. The first-order valence-electron chi connectivity index (χ1n) is 7.13. The average Bonchev–Trinajstić information content (AvgIpc) is 2.69. The summed E-state index contributed by atoms with van der Waals surface area (Å²) in [5.41, 5.74) is 6.08. The normalized spacial score (nSPS) is 30.6. The average molecular weight is 362 g/mol. The molecule has 1 fully saturated rings. The van der Waals surface area contributed by atoms with Gasteiger partial charge in [-0.1, -0.05) is 36.0 Å². The monoisotopic (exact) mass is 361 g/mol. The summed E-state index contributed by atoms with van der Waals surface area (Å²) in [7, 11) is 0. The van der Waals surface area contributed by atoms with Crippen molar-refractivity contribution in [3.63, 3.8) is 0 Å². The van der Waals surface area contributed by atoms with Gasteiger partial charge in [-0.15, -0.1) is 0 Å². The number of aromatic nitrogens is 1. The summed E-state index contributed by atoms with van der Waals surface area (Å²) >= 11 is 11.3. The number of thiocarbonyl (C=S) groups is 1. The van der Waals surface area contributed by atoms with Crippen molar-refractivity contribution in [2.45, 2.75) is 36.5 Å². The zero-order valence-electron chi connectivity index (χ0n) is 12.1. The molecule has 2 N–H and O–H groups in total. The Morgan fingerprint density at radius 2 is 1.96 bits per heavy atom. The molecule has 2 aliphatic heterocycles. The van der Waals surface area contributed by atoms with Crippen molar-refractivity contribution in [1.82, 2.24) is 9.88 Å². The van der Waals surface area contributed by atoms with E-state index in [1.54, 1.807) is 12.3 Å². The highest BCUT2D eigenvalue weighted by atomic mass is 35.5. The van der Waals surface area contributed by atoms with E-state index in [4.69, 9.17) is 29.6 Å². The third-order valence-electron chi connectivity index (χ3n) is 4.61. The van der Waals surface area contributed by atoms with Gasteiger partial charge in [-0.2, -0.15) is 13.2 Å². The molecule has 2 aliphatic rings. The lowest BCUT2D eigenvalue weighted by molar-refractivity contribution is -0.154. The van der Waals surface area contributed by atoms with Crippen LogP contribution in [0.3, 0.4) is 0 Å². The maximum absolute atomic E-state index is 12.8. The number of nitrogens with zero attached hydrogens (tertiary/aromatic N) is 2. The number of pyridine rings is 1. The Balaban J connectivity index is 1.94. The van der Waals surface area contributed by atoms with Gasteiger partial charge in [-0.3, -0.25) is 9.88 Å². The summed E-state index contributed by atoms with van der Waals surface area (Å²) < 4.78 is 38.4. The highest BCUT2D eigenvalue weighted by Gasteiger charge is 2.51. The minimum Gasteiger partial charge on any atom is -0.393 e. The van der Waals surface area contributed by atoms with E-state index in [9.17, 15) is 13.2 Å². The van der Waals surface area contributed by atoms with Crippen molar-refractivity contribution in [1.29, 1.82) is 0 Å². The van der Waals surface area contributed by atoms with Crippen LogP contribution in [0.4, 0.5) is 13.2 Å². The fraction of sp³-hybridized carbons (Fsp3) is 0.467. The van der Waals surface area contributed by atoms with Crippen LogP contribution in [0.1, 0.15) is 18.4 Å². The van der Waals surface area contributed by atoms with Gasteiger partial charge in [0, 0.05) is 24.5 Å². The summed E-state index contributed by atoms with van der Waals surface area (Å²) in [5, 5.41) is 0.455. The molecule has 0 spiro atoms. The van der Waals surface area contributed by atoms with Gasteiger partial charge in [0.05, 0.1) is 22.0 Å². The Kier molecular flexibility index (Phi) is 4.14. The van der Waals surface area contributed by atoms with Crippen LogP contribution in [0.5, 0.6) is 0 Å². The molecule has 3 atom stereocenters. The van der Waals surface area contributed by atoms with Crippen LogP contribution in [0.25, 0.3) is 0 Å². The summed E-state index contributed by atoms with van der Waals surface area (Å²) in [6, 6.07) is 1.04. The van der Waals surface area contributed by atoms with E-state index in [0.29, 0.717) is 17.9 Å². The predicted molar refractivity (Wildman–Crippen MR) is 86.4 cm³/mol. The fourth-order valence-electron chi connectivity index (χ4n) is 3.59. The summed E-state index contributed by atoms with van der Waals surface area (Å²) in [5.74, 6) is 0. The standard InChI is InChI=1S/C15H15ClF3N3S/c16-10-3-9(6-21-7-10)14(13(20)23)4-11-1-2-12(5-14)22(11)8-15(17,18)19/h1-3,6-7,11-12H,4-5,8H2,(H2,20,23)/t11-,12+,14+. The van der Waals surface area contributed by atoms with Crippen LogP contribution in [0, 0.1) is 0 Å². The molecule has 0 aromatic carbocycles. The number of rotatable bonds is 3. The molecule has 3 nitrogen and oxygen atoms in total. The Labute approximate surface area is 142 Å². The Morgan fingerprint density at radius 1 is 1.35 bits per heavy atom. The summed E-state index contributed by atoms with van der Waals surface area (Å²) in [6.45, 7) is -0.934. The third-order valence-corrected chi connectivity index (χ3v) is 5.21. The lowest BCUT2D eigenvalue weighted by Crippen LogP contribution is -2.56. The molecule has 0 unspecified atom stereocenters. The number of nitrogens with two attached hydrogens (primary N) is 1. The molecule has 8 heteroatoms. The van der Waals surface area contributed by atoms with Crippen molar-refractivity contribution in [3.8, 4) is 0 Å². The lowest BCUT2D eigenvalue weighted by atomic mass is 9.70. The highest BCUT2D eigenvalue weighted by molar-refractivity contribution is 7.80. The molecule has 3 rings (SSSR count). The third kappa shape index (κ3) is 3.09. The van der Waals surface area contributed by atoms with E-state index >= 15 is 0 Å². The first-order valence-corrected chi connectivity index (χ1v) is 7.92. The zero-order valence-corrected chi connectivity index (χ0v) is 13.6. The lowest BCUT2D eigenvalue weighted by Gasteiger charge is -2.46. The molecular formula is C15H15ClF3N3S. The van der Waals surface area contributed by atoms with Crippen molar-refractivity contribution in [3.05, 3.63) is 41.2 Å². The van der Waals surface area contributed by atoms with Gasteiger partial charge in [-0.25, -0.2) is 0 Å². The summed E-state index contributed by atoms with van der Waals surface area (Å²) in [4.78, 5) is 5.80. The van der Waals surface area contributed by atoms with Gasteiger partial charge >= 0.3 is 6.18 Å². The van der Waals surface area contributed by atoms with E-state index in [1.165, 1.54) is 11.1 Å². The Hall–Kier alpha value is -1.18. The minimum atomic E-state index is -4.23. The van der Waals surface area contributed by atoms with Crippen LogP contribution >= 0.6 is 23.8 Å². The van der Waals surface area contributed by atoms with Gasteiger partial charge in [0.1, 0.15) is 0 Å². The molecule has 0 radical (unpaired) electrons. The van der Waals surface area contributed by atoms with E-state index in [1.807, 2.05) is 12.2 Å². The molecule has 124 valence electrons. The molecule has 23 heavy (non-hydrogen) atoms. The van der Waals surface area contributed by atoms with Crippen molar-refractivity contribution < 1.29 is 13.2 Å². The van der Waals surface area contributed by atoms with Crippen LogP contribution in [0.2, 0.25) is 5.02 Å². The molecule has 1 aromatic heterocycles. The van der Waals surface area contributed by atoms with Gasteiger partial charge in [-0.05, 0) is 24.5 Å². The molecule has 0 aliphatic carbocycles. The number of piperidine rings is 1. The maximum atomic E-state index is 12.8. The largest absolute Gasteiger partial charge is 0.401 e. The van der Waals surface area contributed by atoms with E-state index in [0.717, 1.165) is 5.56 Å². The SMILES string of the molecule is NC(=S)[C@@]1(c2cncc(Cl)c2)C[C@H]2C=C[C@@H](C1)N2CC(F)(F)F. The molecule has 1 saturated heterocycles. The van der Waals surface area contributed by atoms with Crippen molar-refractivity contribution >= 4 is 28.8 Å². The quantitative estimate of drug-likeness (QED) is 0.663. The maximum Gasteiger partial charge on any atom is 0.401 e. The van der Waals surface area contributed by atoms with Crippen LogP contribution in [0.15, 0.2) is 30.6 Å². The van der Waals surface area contributed by atoms with Gasteiger partial charge in [0.25, 0.3) is 0 Å². The second-order valence-corrected chi connectivity index (χ2v) is 6.93. The molecule has 2 bridgehead atoms. The van der Waals surface area contributed by atoms with Gasteiger partial charge < -0.3 is 5.73 Å². The highest BCUT2D eigenvalue weighted by Crippen LogP contribution is 2.45. The second-order valence-electron chi connectivity index (χ2n) is 6.05. The number of halogens is 4. The van der Waals surface area contributed by atoms with Crippen LogP contribution in [-0.2, 0) is 5.41 Å². The van der Waals surface area contributed by atoms with Crippen molar-refractivity contribution in [2.75, 3.05) is 6.54 Å². The van der Waals surface area contributed by atoms with Gasteiger partial charge in [0.15, 0.2) is 0 Å². The first-order chi connectivity index (χ1) is 10.7. The molecule has 3 heterocycles. The van der Waals surface area contributed by atoms with Crippen molar-refractivity contribution in [2.24, 2.45) is 5.73 Å². The number of fused-ring (bicyclic) bond motifs is 2. The molecule has 0 saturated carbocycles. The van der Waals surface area contributed by atoms with E-state index in [-0.39, 0.29) is 17.1 Å².